The van der Waals surface area contributed by atoms with Crippen LogP contribution in [0.25, 0.3) is 22.0 Å². The molecule has 1 aromatic heterocycles. The van der Waals surface area contributed by atoms with E-state index in [1.165, 1.54) is 6.21 Å². The fourth-order valence-corrected chi connectivity index (χ4v) is 4.53. The van der Waals surface area contributed by atoms with Gasteiger partial charge in [-0.15, -0.1) is 0 Å². The van der Waals surface area contributed by atoms with E-state index in [4.69, 9.17) is 27.9 Å². The number of halogens is 2. The normalized spacial score (nSPS) is 11.1. The fraction of sp³-hybridized carbons (Fsp3) is 0. The maximum Gasteiger partial charge on any atom is 0.343 e. The van der Waals surface area contributed by atoms with Crippen LogP contribution in [0.4, 0.5) is 0 Å². The van der Waals surface area contributed by atoms with Gasteiger partial charge in [-0.2, -0.15) is 5.10 Å². The van der Waals surface area contributed by atoms with Crippen LogP contribution in [0.1, 0.15) is 26.4 Å². The summed E-state index contributed by atoms with van der Waals surface area (Å²) >= 11 is 12.7. The van der Waals surface area contributed by atoms with E-state index in [2.05, 4.69) is 15.5 Å². The number of amides is 1. The van der Waals surface area contributed by atoms with E-state index in [0.717, 1.165) is 5.56 Å². The van der Waals surface area contributed by atoms with Crippen molar-refractivity contribution in [2.45, 2.75) is 0 Å². The molecule has 5 rings (SSSR count). The largest absolute Gasteiger partial charge is 0.422 e. The van der Waals surface area contributed by atoms with E-state index >= 15 is 0 Å². The predicted molar refractivity (Wildman–Crippen MR) is 147 cm³/mol. The maximum absolute atomic E-state index is 13.2. The topological polar surface area (TPSA) is 83.5 Å². The van der Waals surface area contributed by atoms with E-state index < -0.39 is 11.9 Å². The third kappa shape index (κ3) is 5.26. The lowest BCUT2D eigenvalue weighted by Gasteiger charge is -2.07. The molecule has 1 amide bonds. The summed E-state index contributed by atoms with van der Waals surface area (Å²) in [5, 5.41) is 5.67. The number of carbonyl (C=O) groups is 2. The van der Waals surface area contributed by atoms with Crippen molar-refractivity contribution < 1.29 is 14.3 Å². The quantitative estimate of drug-likeness (QED) is 0.107. The van der Waals surface area contributed by atoms with Gasteiger partial charge in [0.1, 0.15) is 11.4 Å². The van der Waals surface area contributed by atoms with Gasteiger partial charge >= 0.3 is 5.97 Å². The van der Waals surface area contributed by atoms with E-state index in [9.17, 15) is 9.59 Å². The number of hydrogen-bond donors (Lipinski definition) is 2. The number of rotatable bonds is 6. The van der Waals surface area contributed by atoms with Gasteiger partial charge in [-0.3, -0.25) is 4.79 Å². The van der Waals surface area contributed by atoms with Crippen LogP contribution in [-0.4, -0.2) is 23.1 Å². The Morgan fingerprint density at radius 3 is 2.30 bits per heavy atom. The lowest BCUT2D eigenvalue weighted by atomic mass is 10.0. The van der Waals surface area contributed by atoms with Crippen LogP contribution in [-0.2, 0) is 0 Å². The minimum absolute atomic E-state index is 0.284. The van der Waals surface area contributed by atoms with Crippen molar-refractivity contribution in [1.82, 2.24) is 10.4 Å². The van der Waals surface area contributed by atoms with Gasteiger partial charge in [0.15, 0.2) is 0 Å². The van der Waals surface area contributed by atoms with Crippen LogP contribution < -0.4 is 10.2 Å². The lowest BCUT2D eigenvalue weighted by molar-refractivity contribution is 0.0734. The first-order valence-corrected chi connectivity index (χ1v) is 12.0. The molecule has 182 valence electrons. The summed E-state index contributed by atoms with van der Waals surface area (Å²) in [6.07, 6.45) is 1.42. The van der Waals surface area contributed by atoms with Crippen molar-refractivity contribution in [3.63, 3.8) is 0 Å². The number of esters is 1. The second kappa shape index (κ2) is 10.7. The van der Waals surface area contributed by atoms with Gasteiger partial charge in [0.05, 0.1) is 16.8 Å². The summed E-state index contributed by atoms with van der Waals surface area (Å²) < 4.78 is 5.54. The number of H-pyrrole nitrogens is 1. The van der Waals surface area contributed by atoms with Crippen molar-refractivity contribution >= 4 is 52.2 Å². The van der Waals surface area contributed by atoms with Crippen molar-refractivity contribution in [2.75, 3.05) is 0 Å². The van der Waals surface area contributed by atoms with Crippen LogP contribution in [0.5, 0.6) is 5.75 Å². The lowest BCUT2D eigenvalue weighted by Crippen LogP contribution is -2.19. The fourth-order valence-electron chi connectivity index (χ4n) is 3.94. The van der Waals surface area contributed by atoms with Crippen LogP contribution >= 0.6 is 23.2 Å². The molecule has 0 saturated carbocycles. The zero-order valence-corrected chi connectivity index (χ0v) is 20.8. The summed E-state index contributed by atoms with van der Waals surface area (Å²) in [5.74, 6) is -0.657. The van der Waals surface area contributed by atoms with E-state index in [1.807, 2.05) is 36.4 Å². The highest BCUT2D eigenvalue weighted by Gasteiger charge is 2.21. The number of fused-ring (bicyclic) bond motifs is 1. The molecule has 4 aromatic carbocycles. The van der Waals surface area contributed by atoms with Crippen molar-refractivity contribution in [3.05, 3.63) is 124 Å². The SMILES string of the molecule is O=C(Oc1ccccc1C=NNC(=O)c1[nH]c2cc(Cl)cc(Cl)c2c1-c1ccccc1)c1ccccc1. The van der Waals surface area contributed by atoms with Crippen LogP contribution in [0.3, 0.4) is 0 Å². The van der Waals surface area contributed by atoms with Gasteiger partial charge < -0.3 is 9.72 Å². The van der Waals surface area contributed by atoms with Crippen LogP contribution in [0.2, 0.25) is 10.0 Å². The molecule has 1 heterocycles. The highest BCUT2D eigenvalue weighted by atomic mass is 35.5. The zero-order chi connectivity index (χ0) is 25.8. The summed E-state index contributed by atoms with van der Waals surface area (Å²) in [6.45, 7) is 0. The van der Waals surface area contributed by atoms with Gasteiger partial charge in [0.2, 0.25) is 0 Å². The molecule has 37 heavy (non-hydrogen) atoms. The van der Waals surface area contributed by atoms with E-state index in [1.54, 1.807) is 60.7 Å². The number of hydrazone groups is 1. The average molecular weight is 528 g/mol. The summed E-state index contributed by atoms with van der Waals surface area (Å²) in [6, 6.07) is 28.4. The van der Waals surface area contributed by atoms with Crippen molar-refractivity contribution in [1.29, 1.82) is 0 Å². The molecule has 0 radical (unpaired) electrons. The zero-order valence-electron chi connectivity index (χ0n) is 19.2. The molecule has 0 aliphatic carbocycles. The van der Waals surface area contributed by atoms with E-state index in [0.29, 0.717) is 43.4 Å². The second-order valence-electron chi connectivity index (χ2n) is 8.04. The van der Waals surface area contributed by atoms with Gasteiger partial charge in [-0.05, 0) is 42.0 Å². The van der Waals surface area contributed by atoms with Crippen molar-refractivity contribution in [3.8, 4) is 16.9 Å². The Balaban J connectivity index is 1.42. The monoisotopic (exact) mass is 527 g/mol. The number of ether oxygens (including phenoxy) is 1. The molecule has 0 spiro atoms. The molecule has 2 N–H and O–H groups in total. The Labute approximate surface area is 222 Å². The first-order valence-electron chi connectivity index (χ1n) is 11.3. The highest BCUT2D eigenvalue weighted by Crippen LogP contribution is 2.38. The molecule has 6 nitrogen and oxygen atoms in total. The number of aromatic nitrogens is 1. The predicted octanol–water partition coefficient (Wildman–Crippen LogP) is 7.12. The molecule has 0 saturated heterocycles. The molecule has 8 heteroatoms. The molecular formula is C29H19Cl2N3O3. The van der Waals surface area contributed by atoms with Crippen LogP contribution in [0, 0.1) is 0 Å². The van der Waals surface area contributed by atoms with Gasteiger partial charge in [0, 0.05) is 27.1 Å². The molecule has 0 aliphatic heterocycles. The number of para-hydroxylation sites is 1. The molecule has 0 atom stereocenters. The van der Waals surface area contributed by atoms with Crippen molar-refractivity contribution in [2.24, 2.45) is 5.10 Å². The first-order chi connectivity index (χ1) is 18.0. The molecule has 0 unspecified atom stereocenters. The number of nitrogens with one attached hydrogen (secondary N) is 2. The maximum atomic E-state index is 13.2. The van der Waals surface area contributed by atoms with Gasteiger partial charge in [-0.1, -0.05) is 83.9 Å². The second-order valence-corrected chi connectivity index (χ2v) is 8.89. The average Bonchev–Trinajstić information content (AvgIpc) is 3.30. The number of carbonyl (C=O) groups excluding carboxylic acids is 2. The van der Waals surface area contributed by atoms with Gasteiger partial charge in [0.25, 0.3) is 5.91 Å². The molecule has 0 aliphatic rings. The van der Waals surface area contributed by atoms with Crippen LogP contribution in [0.15, 0.2) is 102 Å². The van der Waals surface area contributed by atoms with E-state index in [-0.39, 0.29) is 5.69 Å². The molecule has 5 aromatic rings. The highest BCUT2D eigenvalue weighted by molar-refractivity contribution is 6.40. The Morgan fingerprint density at radius 2 is 1.54 bits per heavy atom. The Morgan fingerprint density at radius 1 is 0.865 bits per heavy atom. The number of hydrogen-bond acceptors (Lipinski definition) is 4. The third-order valence-corrected chi connectivity index (χ3v) is 6.12. The molecule has 0 bridgehead atoms. The number of aromatic amines is 1. The van der Waals surface area contributed by atoms with Gasteiger partial charge in [-0.25, -0.2) is 10.2 Å². The summed E-state index contributed by atoms with van der Waals surface area (Å²) in [5.41, 5.74) is 5.85. The Bertz CT molecular complexity index is 1630. The Hall–Kier alpha value is -4.39. The summed E-state index contributed by atoms with van der Waals surface area (Å²) in [4.78, 5) is 28.8. The minimum atomic E-state index is -0.494. The number of nitrogens with zero attached hydrogens (tertiary/aromatic N) is 1. The Kier molecular flexibility index (Phi) is 7.03. The molecular weight excluding hydrogens is 509 g/mol. The summed E-state index contributed by atoms with van der Waals surface area (Å²) in [7, 11) is 0. The minimum Gasteiger partial charge on any atom is -0.422 e. The number of benzene rings is 4. The smallest absolute Gasteiger partial charge is 0.343 e. The molecule has 0 fully saturated rings. The standard InChI is InChI=1S/C29H19Cl2N3O3/c30-21-15-22(31)26-23(16-21)33-27(25(26)18-9-3-1-4-10-18)28(35)34-32-17-20-13-7-8-14-24(20)37-29(36)19-11-5-2-6-12-19/h1-17,33H,(H,34,35). The first kappa shape index (κ1) is 24.3. The third-order valence-electron chi connectivity index (χ3n) is 5.61.